The van der Waals surface area contributed by atoms with Crippen LogP contribution in [-0.4, -0.2) is 25.4 Å². The minimum atomic E-state index is -3.74. The van der Waals surface area contributed by atoms with Crippen LogP contribution < -0.4 is 4.31 Å². The van der Waals surface area contributed by atoms with Gasteiger partial charge in [-0.25, -0.2) is 8.42 Å². The van der Waals surface area contributed by atoms with Crippen LogP contribution in [0.25, 0.3) is 0 Å². The summed E-state index contributed by atoms with van der Waals surface area (Å²) in [4.78, 5) is 11.0. The minimum Gasteiger partial charge on any atom is -0.264 e. The molecule has 1 heterocycles. The van der Waals surface area contributed by atoms with Crippen molar-refractivity contribution in [3.05, 3.63) is 70.3 Å². The predicted molar refractivity (Wildman–Crippen MR) is 88.9 cm³/mol. The molecule has 124 valence electrons. The molecule has 6 nitrogen and oxygen atoms in total. The predicted octanol–water partition coefficient (Wildman–Crippen LogP) is 2.47. The highest BCUT2D eigenvalue weighted by atomic mass is 32.2. The maximum absolute atomic E-state index is 13.2. The third-order valence-corrected chi connectivity index (χ3v) is 6.68. The molecule has 24 heavy (non-hydrogen) atoms. The van der Waals surface area contributed by atoms with E-state index in [2.05, 4.69) is 0 Å². The number of hydrogen-bond acceptors (Lipinski definition) is 4. The van der Waals surface area contributed by atoms with Gasteiger partial charge in [0, 0.05) is 11.3 Å². The Balaban J connectivity index is 1.79. The molecule has 2 aliphatic rings. The van der Waals surface area contributed by atoms with Crippen molar-refractivity contribution in [3.8, 4) is 0 Å². The molecule has 0 saturated heterocycles. The summed E-state index contributed by atoms with van der Waals surface area (Å²) >= 11 is 0. The highest BCUT2D eigenvalue weighted by Crippen LogP contribution is 2.47. The van der Waals surface area contributed by atoms with Crippen molar-refractivity contribution in [1.29, 1.82) is 0 Å². The van der Waals surface area contributed by atoms with E-state index in [1.165, 1.54) is 4.31 Å². The first-order chi connectivity index (χ1) is 11.5. The average molecular weight is 344 g/mol. The average Bonchev–Trinajstić information content (AvgIpc) is 3.29. The Morgan fingerprint density at radius 2 is 1.71 bits per heavy atom. The lowest BCUT2D eigenvalue weighted by Crippen LogP contribution is -2.40. The SMILES string of the molecule is O=[N+]([O-])C1CC1C1Cc2ccccc2N1S(=O)(=O)c1ccccc1. The largest absolute Gasteiger partial charge is 0.264 e. The van der Waals surface area contributed by atoms with Gasteiger partial charge in [0.15, 0.2) is 0 Å². The second-order valence-electron chi connectivity index (χ2n) is 6.27. The van der Waals surface area contributed by atoms with Crippen molar-refractivity contribution in [2.75, 3.05) is 4.31 Å². The molecule has 0 bridgehead atoms. The number of fused-ring (bicyclic) bond motifs is 1. The first-order valence-electron chi connectivity index (χ1n) is 7.81. The van der Waals surface area contributed by atoms with Gasteiger partial charge in [0.1, 0.15) is 0 Å². The fourth-order valence-corrected chi connectivity index (χ4v) is 5.33. The van der Waals surface area contributed by atoms with E-state index in [9.17, 15) is 18.5 Å². The fraction of sp³-hybridized carbons (Fsp3) is 0.294. The van der Waals surface area contributed by atoms with E-state index in [-0.39, 0.29) is 21.8 Å². The normalized spacial score (nSPS) is 25.3. The van der Waals surface area contributed by atoms with Gasteiger partial charge in [-0.3, -0.25) is 14.4 Å². The van der Waals surface area contributed by atoms with Crippen LogP contribution in [0.3, 0.4) is 0 Å². The van der Waals surface area contributed by atoms with Gasteiger partial charge in [-0.2, -0.15) is 0 Å². The monoisotopic (exact) mass is 344 g/mol. The van der Waals surface area contributed by atoms with E-state index >= 15 is 0 Å². The molecular formula is C17H16N2O4S. The van der Waals surface area contributed by atoms with Crippen molar-refractivity contribution < 1.29 is 13.3 Å². The maximum Gasteiger partial charge on any atom is 0.264 e. The summed E-state index contributed by atoms with van der Waals surface area (Å²) in [7, 11) is -3.74. The van der Waals surface area contributed by atoms with E-state index in [1.807, 2.05) is 12.1 Å². The molecule has 7 heteroatoms. The molecule has 3 atom stereocenters. The second-order valence-corrected chi connectivity index (χ2v) is 8.08. The molecule has 4 rings (SSSR count). The molecule has 2 aromatic carbocycles. The first-order valence-corrected chi connectivity index (χ1v) is 9.25. The third kappa shape index (κ3) is 2.27. The summed E-state index contributed by atoms with van der Waals surface area (Å²) in [6, 6.07) is 14.6. The molecule has 0 N–H and O–H groups in total. The van der Waals surface area contributed by atoms with Crippen LogP contribution in [0.15, 0.2) is 59.5 Å². The van der Waals surface area contributed by atoms with Gasteiger partial charge in [0.25, 0.3) is 10.0 Å². The summed E-state index contributed by atoms with van der Waals surface area (Å²) in [5.41, 5.74) is 1.57. The van der Waals surface area contributed by atoms with Crippen molar-refractivity contribution in [2.45, 2.75) is 29.8 Å². The number of nitrogens with zero attached hydrogens (tertiary/aromatic N) is 2. The smallest absolute Gasteiger partial charge is 0.264 e. The van der Waals surface area contributed by atoms with Gasteiger partial charge in [0.2, 0.25) is 6.04 Å². The Hall–Kier alpha value is -2.41. The Kier molecular flexibility index (Phi) is 3.35. The van der Waals surface area contributed by atoms with E-state index in [4.69, 9.17) is 0 Å². The zero-order valence-electron chi connectivity index (χ0n) is 12.8. The van der Waals surface area contributed by atoms with Crippen molar-refractivity contribution in [2.24, 2.45) is 5.92 Å². The van der Waals surface area contributed by atoms with Gasteiger partial charge in [-0.1, -0.05) is 36.4 Å². The summed E-state index contributed by atoms with van der Waals surface area (Å²) in [5, 5.41) is 11.1. The summed E-state index contributed by atoms with van der Waals surface area (Å²) in [6.07, 6.45) is 0.962. The zero-order chi connectivity index (χ0) is 16.9. The van der Waals surface area contributed by atoms with E-state index in [0.29, 0.717) is 18.5 Å². The number of para-hydroxylation sites is 1. The number of rotatable bonds is 4. The lowest BCUT2D eigenvalue weighted by Gasteiger charge is -2.26. The number of nitro groups is 1. The van der Waals surface area contributed by atoms with Gasteiger partial charge >= 0.3 is 0 Å². The lowest BCUT2D eigenvalue weighted by molar-refractivity contribution is -0.498. The van der Waals surface area contributed by atoms with Crippen LogP contribution in [-0.2, 0) is 16.4 Å². The van der Waals surface area contributed by atoms with Crippen LogP contribution >= 0.6 is 0 Å². The topological polar surface area (TPSA) is 80.5 Å². The van der Waals surface area contributed by atoms with Gasteiger partial charge in [-0.15, -0.1) is 0 Å². The molecule has 2 aromatic rings. The first kappa shape index (κ1) is 15.1. The van der Waals surface area contributed by atoms with Crippen molar-refractivity contribution >= 4 is 15.7 Å². The fourth-order valence-electron chi connectivity index (χ4n) is 3.58. The highest BCUT2D eigenvalue weighted by Gasteiger charge is 2.58. The Morgan fingerprint density at radius 1 is 1.04 bits per heavy atom. The lowest BCUT2D eigenvalue weighted by atomic mass is 10.1. The van der Waals surface area contributed by atoms with Crippen LogP contribution in [0, 0.1) is 16.0 Å². The zero-order valence-corrected chi connectivity index (χ0v) is 13.6. The van der Waals surface area contributed by atoms with Crippen LogP contribution in [0.1, 0.15) is 12.0 Å². The second kappa shape index (κ2) is 5.31. The van der Waals surface area contributed by atoms with Gasteiger partial charge in [-0.05, 0) is 30.2 Å². The minimum absolute atomic E-state index is 0.213. The van der Waals surface area contributed by atoms with Crippen LogP contribution in [0.2, 0.25) is 0 Å². The number of hydrogen-bond donors (Lipinski definition) is 0. The van der Waals surface area contributed by atoms with Crippen LogP contribution in [0.4, 0.5) is 5.69 Å². The molecule has 1 saturated carbocycles. The van der Waals surface area contributed by atoms with E-state index < -0.39 is 16.1 Å². The summed E-state index contributed by atoms with van der Waals surface area (Å²) < 4.78 is 27.8. The van der Waals surface area contributed by atoms with Crippen molar-refractivity contribution in [3.63, 3.8) is 0 Å². The standard InChI is InChI=1S/C17H16N2O4S/c20-19(21)17-11-14(17)16-10-12-6-4-5-9-15(12)18(16)24(22,23)13-7-2-1-3-8-13/h1-9,14,16-17H,10-11H2. The molecular weight excluding hydrogens is 328 g/mol. The Labute approximate surface area is 139 Å². The number of benzene rings is 2. The molecule has 1 aliphatic carbocycles. The van der Waals surface area contributed by atoms with Crippen molar-refractivity contribution in [1.82, 2.24) is 0 Å². The third-order valence-electron chi connectivity index (χ3n) is 4.83. The Morgan fingerprint density at radius 3 is 2.38 bits per heavy atom. The maximum atomic E-state index is 13.2. The summed E-state index contributed by atoms with van der Waals surface area (Å²) in [5.74, 6) is -0.231. The molecule has 0 amide bonds. The highest BCUT2D eigenvalue weighted by molar-refractivity contribution is 7.92. The number of anilines is 1. The molecule has 1 aliphatic heterocycles. The summed E-state index contributed by atoms with van der Waals surface area (Å²) in [6.45, 7) is 0. The molecule has 0 radical (unpaired) electrons. The van der Waals surface area contributed by atoms with Crippen LogP contribution in [0.5, 0.6) is 0 Å². The quantitative estimate of drug-likeness (QED) is 0.630. The van der Waals surface area contributed by atoms with Gasteiger partial charge in [0.05, 0.1) is 22.5 Å². The molecule has 1 fully saturated rings. The number of sulfonamides is 1. The molecule has 3 unspecified atom stereocenters. The Bertz CT molecular complexity index is 898. The molecule has 0 aromatic heterocycles. The van der Waals surface area contributed by atoms with Gasteiger partial charge < -0.3 is 0 Å². The molecule has 0 spiro atoms. The van der Waals surface area contributed by atoms with E-state index in [0.717, 1.165) is 5.56 Å². The van der Waals surface area contributed by atoms with E-state index in [1.54, 1.807) is 42.5 Å².